The smallest absolute Gasteiger partial charge is 0.406 e. The number of nitrogens with one attached hydrogen (secondary N) is 1. The van der Waals surface area contributed by atoms with Crippen LogP contribution in [-0.4, -0.2) is 47.1 Å². The molecule has 11 heteroatoms. The van der Waals surface area contributed by atoms with Crippen molar-refractivity contribution in [2.45, 2.75) is 12.9 Å². The van der Waals surface area contributed by atoms with Gasteiger partial charge in [-0.3, -0.25) is 0 Å². The first-order chi connectivity index (χ1) is 19.3. The Morgan fingerprint density at radius 2 is 1.65 bits per heavy atom. The Labute approximate surface area is 234 Å². The van der Waals surface area contributed by atoms with E-state index in [0.717, 1.165) is 35.5 Å². The number of piperazine rings is 1. The third kappa shape index (κ3) is 8.01. The fourth-order valence-corrected chi connectivity index (χ4v) is 4.62. The van der Waals surface area contributed by atoms with Crippen LogP contribution in [0, 0.1) is 0 Å². The van der Waals surface area contributed by atoms with Gasteiger partial charge in [0.25, 0.3) is 0 Å². The number of nitrogens with zero attached hydrogens (tertiary/aromatic N) is 4. The van der Waals surface area contributed by atoms with Crippen molar-refractivity contribution in [3.05, 3.63) is 107 Å². The van der Waals surface area contributed by atoms with E-state index in [1.165, 1.54) is 18.2 Å². The van der Waals surface area contributed by atoms with Gasteiger partial charge in [0.1, 0.15) is 5.75 Å². The number of anilines is 1. The summed E-state index contributed by atoms with van der Waals surface area (Å²) >= 11 is 6.34. The first-order valence-corrected chi connectivity index (χ1v) is 13.0. The molecule has 1 fully saturated rings. The predicted octanol–water partition coefficient (Wildman–Crippen LogP) is 6.27. The zero-order valence-corrected chi connectivity index (χ0v) is 22.1. The third-order valence-electron chi connectivity index (χ3n) is 6.24. The number of imidazole rings is 1. The van der Waals surface area contributed by atoms with Gasteiger partial charge in [0.2, 0.25) is 0 Å². The summed E-state index contributed by atoms with van der Waals surface area (Å²) in [6, 6.07) is 19.7. The molecule has 1 aromatic heterocycles. The first-order valence-electron chi connectivity index (χ1n) is 12.6. The monoisotopic (exact) mass is 569 g/mol. The van der Waals surface area contributed by atoms with E-state index in [-0.39, 0.29) is 11.5 Å². The van der Waals surface area contributed by atoms with Gasteiger partial charge in [-0.15, -0.1) is 13.2 Å². The Morgan fingerprint density at radius 1 is 0.900 bits per heavy atom. The van der Waals surface area contributed by atoms with E-state index in [2.05, 4.69) is 56.6 Å². The zero-order valence-electron chi connectivity index (χ0n) is 21.4. The molecule has 0 aliphatic carbocycles. The maximum Gasteiger partial charge on any atom is 0.573 e. The van der Waals surface area contributed by atoms with Crippen LogP contribution in [-0.2, 0) is 6.54 Å². The minimum atomic E-state index is -4.75. The molecule has 3 aromatic carbocycles. The molecule has 0 amide bonds. The van der Waals surface area contributed by atoms with Crippen LogP contribution in [0.2, 0.25) is 5.02 Å². The minimum Gasteiger partial charge on any atom is -0.406 e. The molecular weight excluding hydrogens is 543 g/mol. The lowest BCUT2D eigenvalue weighted by Crippen LogP contribution is -2.53. The lowest BCUT2D eigenvalue weighted by atomic mass is 10.1. The van der Waals surface area contributed by atoms with Crippen LogP contribution in [0.5, 0.6) is 11.5 Å². The molecule has 208 valence electrons. The number of hydrogen-bond acceptors (Lipinski definition) is 6. The number of hydrogen-bond donors (Lipinski definition) is 1. The van der Waals surface area contributed by atoms with E-state index in [1.807, 2.05) is 34.0 Å². The Morgan fingerprint density at radius 3 is 2.38 bits per heavy atom. The van der Waals surface area contributed by atoms with E-state index in [1.54, 1.807) is 18.6 Å². The molecule has 1 aliphatic rings. The molecular formula is C29H27ClF3N5O2. The summed E-state index contributed by atoms with van der Waals surface area (Å²) in [7, 11) is 0. The second kappa shape index (κ2) is 12.5. The number of aromatic nitrogens is 2. The van der Waals surface area contributed by atoms with Gasteiger partial charge in [0, 0.05) is 61.9 Å². The van der Waals surface area contributed by atoms with E-state index in [9.17, 15) is 13.2 Å². The van der Waals surface area contributed by atoms with Crippen molar-refractivity contribution < 1.29 is 22.7 Å². The van der Waals surface area contributed by atoms with E-state index >= 15 is 0 Å². The molecule has 0 radical (unpaired) electrons. The molecule has 7 nitrogen and oxygen atoms in total. The van der Waals surface area contributed by atoms with Gasteiger partial charge in [0.15, 0.2) is 5.75 Å². The van der Waals surface area contributed by atoms with Crippen molar-refractivity contribution in [1.29, 1.82) is 0 Å². The van der Waals surface area contributed by atoms with Crippen LogP contribution in [0.3, 0.4) is 0 Å². The Balaban J connectivity index is 1.11. The number of hydrazine groups is 1. The average molecular weight is 570 g/mol. The van der Waals surface area contributed by atoms with Gasteiger partial charge in [-0.1, -0.05) is 47.5 Å². The number of alkyl halides is 3. The van der Waals surface area contributed by atoms with Gasteiger partial charge < -0.3 is 19.0 Å². The zero-order chi connectivity index (χ0) is 28.0. The normalized spacial score (nSPS) is 14.6. The average Bonchev–Trinajstić information content (AvgIpc) is 3.43. The number of rotatable bonds is 9. The van der Waals surface area contributed by atoms with Crippen LogP contribution in [0.1, 0.15) is 16.7 Å². The summed E-state index contributed by atoms with van der Waals surface area (Å²) in [5.74, 6) is -0.113. The molecule has 2 heterocycles. The molecule has 1 aliphatic heterocycles. The lowest BCUT2D eigenvalue weighted by Gasteiger charge is -2.35. The maximum absolute atomic E-state index is 12.4. The van der Waals surface area contributed by atoms with Crippen LogP contribution >= 0.6 is 11.6 Å². The highest BCUT2D eigenvalue weighted by Gasteiger charge is 2.31. The standard InChI is InChI=1S/C29H27ClF3N5O2/c30-25-17-23(16-24(18-25)20-36-11-10-34-21-36)5-4-22-6-8-26(9-7-22)37-12-14-38(15-13-37)35-40-28-3-1-2-27(19-28)39-29(31,32)33/h1-11,16-19,21,35H,12-15,20H2/b5-4+. The fraction of sp³-hybridized carbons (Fsp3) is 0.207. The molecule has 1 saturated heterocycles. The summed E-state index contributed by atoms with van der Waals surface area (Å²) in [5.41, 5.74) is 7.12. The van der Waals surface area contributed by atoms with Crippen molar-refractivity contribution in [1.82, 2.24) is 20.1 Å². The van der Waals surface area contributed by atoms with Crippen LogP contribution < -0.4 is 20.1 Å². The largest absolute Gasteiger partial charge is 0.573 e. The van der Waals surface area contributed by atoms with Crippen LogP contribution in [0.15, 0.2) is 85.5 Å². The van der Waals surface area contributed by atoms with Gasteiger partial charge in [-0.25, -0.2) is 9.99 Å². The lowest BCUT2D eigenvalue weighted by molar-refractivity contribution is -0.274. The summed E-state index contributed by atoms with van der Waals surface area (Å²) in [6.07, 6.45) is 4.81. The number of halogens is 4. The Kier molecular flexibility index (Phi) is 8.59. The molecule has 5 rings (SSSR count). The maximum atomic E-state index is 12.4. The molecule has 0 atom stereocenters. The van der Waals surface area contributed by atoms with Crippen LogP contribution in [0.4, 0.5) is 18.9 Å². The second-order valence-corrected chi connectivity index (χ2v) is 9.68. The quantitative estimate of drug-likeness (QED) is 0.189. The Hall–Kier alpha value is -3.99. The highest BCUT2D eigenvalue weighted by molar-refractivity contribution is 6.30. The van der Waals surface area contributed by atoms with Gasteiger partial charge in [-0.2, -0.15) is 0 Å². The Bertz CT molecular complexity index is 1420. The predicted molar refractivity (Wildman–Crippen MR) is 149 cm³/mol. The molecule has 0 unspecified atom stereocenters. The fourth-order valence-electron chi connectivity index (χ4n) is 4.35. The first kappa shape index (κ1) is 27.6. The minimum absolute atomic E-state index is 0.222. The van der Waals surface area contributed by atoms with Gasteiger partial charge in [-0.05, 0) is 59.2 Å². The van der Waals surface area contributed by atoms with Crippen LogP contribution in [0.25, 0.3) is 12.2 Å². The van der Waals surface area contributed by atoms with Crippen molar-refractivity contribution in [2.75, 3.05) is 31.1 Å². The van der Waals surface area contributed by atoms with E-state index < -0.39 is 6.36 Å². The topological polar surface area (TPSA) is 54.8 Å². The summed E-state index contributed by atoms with van der Waals surface area (Å²) in [6.45, 7) is 3.54. The van der Waals surface area contributed by atoms with E-state index in [4.69, 9.17) is 16.4 Å². The van der Waals surface area contributed by atoms with Crippen molar-refractivity contribution in [3.63, 3.8) is 0 Å². The molecule has 0 spiro atoms. The van der Waals surface area contributed by atoms with Crippen molar-refractivity contribution in [3.8, 4) is 11.5 Å². The molecule has 1 N–H and O–H groups in total. The van der Waals surface area contributed by atoms with Gasteiger partial charge in [0.05, 0.1) is 6.33 Å². The molecule has 4 aromatic rings. The summed E-state index contributed by atoms with van der Waals surface area (Å²) < 4.78 is 43.2. The van der Waals surface area contributed by atoms with Crippen molar-refractivity contribution in [2.24, 2.45) is 0 Å². The molecule has 40 heavy (non-hydrogen) atoms. The number of ether oxygens (including phenoxy) is 1. The highest BCUT2D eigenvalue weighted by atomic mass is 35.5. The molecule has 0 bridgehead atoms. The van der Waals surface area contributed by atoms with E-state index in [0.29, 0.717) is 24.7 Å². The second-order valence-electron chi connectivity index (χ2n) is 9.24. The summed E-state index contributed by atoms with van der Waals surface area (Å²) in [4.78, 5) is 11.8. The SMILES string of the molecule is FC(F)(F)Oc1cccc(ONN2CCN(c3ccc(/C=C/c4cc(Cl)cc(Cn5ccnc5)c4)cc3)CC2)c1. The molecule has 0 saturated carbocycles. The van der Waals surface area contributed by atoms with Gasteiger partial charge >= 0.3 is 6.36 Å². The van der Waals surface area contributed by atoms with Crippen molar-refractivity contribution >= 4 is 29.4 Å². The number of benzene rings is 3. The highest BCUT2D eigenvalue weighted by Crippen LogP contribution is 2.26. The third-order valence-corrected chi connectivity index (χ3v) is 6.46. The summed E-state index contributed by atoms with van der Waals surface area (Å²) in [5, 5.41) is 2.56.